The van der Waals surface area contributed by atoms with Crippen LogP contribution in [0.3, 0.4) is 0 Å². The Labute approximate surface area is 136 Å². The van der Waals surface area contributed by atoms with Crippen molar-refractivity contribution in [3.8, 4) is 0 Å². The summed E-state index contributed by atoms with van der Waals surface area (Å²) in [6.07, 6.45) is -3.30. The number of nitrogens with one attached hydrogen (secondary N) is 1. The molecule has 10 heteroatoms. The molecule has 1 N–H and O–H groups in total. The summed E-state index contributed by atoms with van der Waals surface area (Å²) >= 11 is 0. The molecule has 1 aromatic heterocycles. The highest BCUT2D eigenvalue weighted by molar-refractivity contribution is 5.92. The lowest BCUT2D eigenvalue weighted by atomic mass is 9.97. The van der Waals surface area contributed by atoms with Crippen molar-refractivity contribution in [1.82, 2.24) is 9.88 Å². The van der Waals surface area contributed by atoms with Gasteiger partial charge in [-0.3, -0.25) is 19.8 Å². The van der Waals surface area contributed by atoms with Crippen LogP contribution in [0, 0.1) is 23.0 Å². The van der Waals surface area contributed by atoms with E-state index in [0.29, 0.717) is 19.4 Å². The number of amides is 1. The van der Waals surface area contributed by atoms with Crippen LogP contribution in [0.4, 0.5) is 24.7 Å². The third-order valence-electron chi connectivity index (χ3n) is 3.79. The lowest BCUT2D eigenvalue weighted by molar-refractivity contribution is -0.385. The van der Waals surface area contributed by atoms with Gasteiger partial charge in [0.05, 0.1) is 17.4 Å². The Morgan fingerprint density at radius 1 is 1.50 bits per heavy atom. The van der Waals surface area contributed by atoms with E-state index in [1.54, 1.807) is 0 Å². The van der Waals surface area contributed by atoms with Crippen LogP contribution in [0.25, 0.3) is 0 Å². The van der Waals surface area contributed by atoms with E-state index in [2.05, 4.69) is 10.3 Å². The summed E-state index contributed by atoms with van der Waals surface area (Å²) in [6.45, 7) is 0.737. The fourth-order valence-electron chi connectivity index (χ4n) is 2.71. The number of piperidine rings is 1. The number of nitrogens with zero attached hydrogens (tertiary/aromatic N) is 3. The topological polar surface area (TPSA) is 88.4 Å². The summed E-state index contributed by atoms with van der Waals surface area (Å²) in [5.41, 5.74) is -0.0119. The van der Waals surface area contributed by atoms with E-state index in [1.165, 1.54) is 24.0 Å². The van der Waals surface area contributed by atoms with Crippen LogP contribution in [-0.4, -0.2) is 46.5 Å². The van der Waals surface area contributed by atoms with Gasteiger partial charge in [0.2, 0.25) is 5.91 Å². The van der Waals surface area contributed by atoms with Crippen molar-refractivity contribution in [2.75, 3.05) is 25.0 Å². The number of rotatable bonds is 4. The second-order valence-corrected chi connectivity index (χ2v) is 5.74. The maximum atomic E-state index is 12.5. The first-order chi connectivity index (χ1) is 11.2. The molecule has 1 aliphatic heterocycles. The number of carbonyl (C=O) groups excluding carboxylic acids is 1. The second kappa shape index (κ2) is 7.12. The number of hydrogen-bond acceptors (Lipinski definition) is 5. The predicted molar refractivity (Wildman–Crippen MR) is 79.5 cm³/mol. The van der Waals surface area contributed by atoms with Gasteiger partial charge in [0.1, 0.15) is 11.5 Å². The van der Waals surface area contributed by atoms with Crippen LogP contribution in [0.15, 0.2) is 12.1 Å². The van der Waals surface area contributed by atoms with Crippen LogP contribution < -0.4 is 5.32 Å². The average molecular weight is 346 g/mol. The summed E-state index contributed by atoms with van der Waals surface area (Å²) in [6, 6.07) is 2.54. The van der Waals surface area contributed by atoms with Gasteiger partial charge in [-0.05, 0) is 32.4 Å². The number of halogens is 3. The van der Waals surface area contributed by atoms with Crippen LogP contribution in [0.1, 0.15) is 18.5 Å². The first-order valence-corrected chi connectivity index (χ1v) is 7.38. The number of aromatic nitrogens is 1. The maximum absolute atomic E-state index is 12.5. The summed E-state index contributed by atoms with van der Waals surface area (Å²) in [5.74, 6) is -0.850. The maximum Gasteiger partial charge on any atom is 0.401 e. The zero-order valence-electron chi connectivity index (χ0n) is 13.0. The van der Waals surface area contributed by atoms with Crippen molar-refractivity contribution < 1.29 is 22.9 Å². The van der Waals surface area contributed by atoms with E-state index in [4.69, 9.17) is 0 Å². The predicted octanol–water partition coefficient (Wildman–Crippen LogP) is 2.51. The fraction of sp³-hybridized carbons (Fsp3) is 0.571. The number of carbonyl (C=O) groups is 1. The second-order valence-electron chi connectivity index (χ2n) is 5.74. The first kappa shape index (κ1) is 18.1. The zero-order chi connectivity index (χ0) is 17.9. The third kappa shape index (κ3) is 4.88. The van der Waals surface area contributed by atoms with Crippen molar-refractivity contribution in [2.24, 2.45) is 5.92 Å². The van der Waals surface area contributed by atoms with Crippen molar-refractivity contribution in [3.05, 3.63) is 27.9 Å². The molecule has 132 valence electrons. The molecule has 1 aliphatic rings. The van der Waals surface area contributed by atoms with E-state index in [-0.39, 0.29) is 23.7 Å². The quantitative estimate of drug-likeness (QED) is 0.668. The first-order valence-electron chi connectivity index (χ1n) is 7.38. The van der Waals surface area contributed by atoms with E-state index in [1.807, 2.05) is 0 Å². The molecule has 0 unspecified atom stereocenters. The van der Waals surface area contributed by atoms with Gasteiger partial charge in [-0.1, -0.05) is 0 Å². The van der Waals surface area contributed by atoms with Gasteiger partial charge in [0.15, 0.2) is 0 Å². The minimum absolute atomic E-state index is 0.0251. The molecule has 24 heavy (non-hydrogen) atoms. The van der Waals surface area contributed by atoms with Crippen LogP contribution in [0.2, 0.25) is 0 Å². The number of anilines is 1. The van der Waals surface area contributed by atoms with Crippen molar-refractivity contribution >= 4 is 17.4 Å². The standard InChI is InChI=1S/C14H17F3N4O3/c1-9-11(21(23)24)4-5-12(18-9)19-13(22)10-3-2-6-20(7-10)8-14(15,16)17/h4-5,10H,2-3,6-8H2,1H3,(H,18,19,22)/t10-/m0/s1. The molecule has 7 nitrogen and oxygen atoms in total. The lowest BCUT2D eigenvalue weighted by Crippen LogP contribution is -2.44. The Balaban J connectivity index is 1.99. The molecule has 1 aromatic rings. The molecular formula is C14H17F3N4O3. The SMILES string of the molecule is Cc1nc(NC(=O)[C@H]2CCCN(CC(F)(F)F)C2)ccc1[N+](=O)[O-]. The number of alkyl halides is 3. The minimum Gasteiger partial charge on any atom is -0.310 e. The van der Waals surface area contributed by atoms with Crippen molar-refractivity contribution in [3.63, 3.8) is 0 Å². The highest BCUT2D eigenvalue weighted by Gasteiger charge is 2.34. The molecular weight excluding hydrogens is 329 g/mol. The van der Waals surface area contributed by atoms with Crippen molar-refractivity contribution in [2.45, 2.75) is 25.9 Å². The minimum atomic E-state index is -4.30. The molecule has 1 fully saturated rings. The summed E-state index contributed by atoms with van der Waals surface area (Å²) in [7, 11) is 0. The number of aryl methyl sites for hydroxylation is 1. The molecule has 1 saturated heterocycles. The highest BCUT2D eigenvalue weighted by Crippen LogP contribution is 2.24. The zero-order valence-corrected chi connectivity index (χ0v) is 13.0. The summed E-state index contributed by atoms with van der Waals surface area (Å²) < 4.78 is 37.4. The Morgan fingerprint density at radius 3 is 2.79 bits per heavy atom. The summed E-state index contributed by atoms with van der Waals surface area (Å²) in [5, 5.41) is 13.3. The molecule has 0 radical (unpaired) electrons. The number of pyridine rings is 1. The van der Waals surface area contributed by atoms with Gasteiger partial charge in [-0.2, -0.15) is 13.2 Å². The Kier molecular flexibility index (Phi) is 5.37. The van der Waals surface area contributed by atoms with Crippen LogP contribution >= 0.6 is 0 Å². The molecule has 1 atom stereocenters. The fourth-order valence-corrected chi connectivity index (χ4v) is 2.71. The monoisotopic (exact) mass is 346 g/mol. The van der Waals surface area contributed by atoms with E-state index >= 15 is 0 Å². The van der Waals surface area contributed by atoms with Gasteiger partial charge in [-0.25, -0.2) is 4.98 Å². The largest absolute Gasteiger partial charge is 0.401 e. The van der Waals surface area contributed by atoms with Crippen LogP contribution in [-0.2, 0) is 4.79 Å². The molecule has 0 bridgehead atoms. The summed E-state index contributed by atoms with van der Waals surface area (Å²) in [4.78, 5) is 27.5. The molecule has 0 aliphatic carbocycles. The van der Waals surface area contributed by atoms with Crippen LogP contribution in [0.5, 0.6) is 0 Å². The van der Waals surface area contributed by atoms with E-state index < -0.39 is 29.5 Å². The Bertz CT molecular complexity index is 636. The van der Waals surface area contributed by atoms with Gasteiger partial charge in [0.25, 0.3) is 5.69 Å². The normalized spacial score (nSPS) is 19.1. The number of likely N-dealkylation sites (tertiary alicyclic amines) is 1. The Hall–Kier alpha value is -2.23. The Morgan fingerprint density at radius 2 is 2.21 bits per heavy atom. The van der Waals surface area contributed by atoms with Gasteiger partial charge >= 0.3 is 6.18 Å². The third-order valence-corrected chi connectivity index (χ3v) is 3.79. The van der Waals surface area contributed by atoms with Crippen molar-refractivity contribution in [1.29, 1.82) is 0 Å². The molecule has 1 amide bonds. The smallest absolute Gasteiger partial charge is 0.310 e. The highest BCUT2D eigenvalue weighted by atomic mass is 19.4. The van der Waals surface area contributed by atoms with E-state index in [9.17, 15) is 28.1 Å². The molecule has 0 aromatic carbocycles. The lowest BCUT2D eigenvalue weighted by Gasteiger charge is -2.32. The van der Waals surface area contributed by atoms with Gasteiger partial charge < -0.3 is 5.32 Å². The molecule has 0 saturated carbocycles. The molecule has 2 heterocycles. The van der Waals surface area contributed by atoms with Gasteiger partial charge in [0, 0.05) is 12.6 Å². The number of hydrogen-bond donors (Lipinski definition) is 1. The number of nitro groups is 1. The van der Waals surface area contributed by atoms with E-state index in [0.717, 1.165) is 0 Å². The molecule has 0 spiro atoms. The van der Waals surface area contributed by atoms with Gasteiger partial charge in [-0.15, -0.1) is 0 Å². The average Bonchev–Trinajstić information content (AvgIpc) is 2.45. The molecule has 2 rings (SSSR count).